The minimum Gasteiger partial charge on any atom is -0.443 e. The first-order valence-electron chi connectivity index (χ1n) is 43.3. The van der Waals surface area contributed by atoms with Crippen LogP contribution in [0.2, 0.25) is 20.2 Å². The number of halogens is 4. The largest absolute Gasteiger partial charge is 0.443 e. The van der Waals surface area contributed by atoms with E-state index < -0.39 is 17.6 Å². The van der Waals surface area contributed by atoms with Crippen LogP contribution in [0.1, 0.15) is 194 Å². The topological polar surface area (TPSA) is 339 Å². The number of amides is 2. The molecule has 4 N–H and O–H groups in total. The predicted molar refractivity (Wildman–Crippen MR) is 537 cm³/mol. The van der Waals surface area contributed by atoms with Gasteiger partial charge in [0.1, 0.15) is 22.4 Å². The van der Waals surface area contributed by atoms with Crippen molar-refractivity contribution in [1.82, 2.24) is 95.3 Å². The Morgan fingerprint density at radius 2 is 0.871 bits per heavy atom. The number of nitrogens with zero attached hydrogens (tertiary/aromatic N) is 21. The zero-order chi connectivity index (χ0) is 93.2. The third kappa shape index (κ3) is 27.3. The van der Waals surface area contributed by atoms with Crippen molar-refractivity contribution in [2.45, 2.75) is 212 Å². The fourth-order valence-electron chi connectivity index (χ4n) is 15.8. The molecule has 3 radical (unpaired) electrons. The number of anilines is 3. The number of thioether (sulfide) groups is 4. The maximum Gasteiger partial charge on any atom is 0.417 e. The van der Waals surface area contributed by atoms with E-state index in [9.17, 15) is 14.7 Å². The number of aliphatic imine (C=N–C) groups is 1. The summed E-state index contributed by atoms with van der Waals surface area (Å²) in [7, 11) is 0. The Bertz CT molecular complexity index is 5860. The molecule has 2 saturated heterocycles. The summed E-state index contributed by atoms with van der Waals surface area (Å²) in [6.07, 6.45) is 34.4. The van der Waals surface area contributed by atoms with Crippen molar-refractivity contribution in [2.75, 3.05) is 98.6 Å². The van der Waals surface area contributed by atoms with Gasteiger partial charge in [-0.3, -0.25) is 24.7 Å². The van der Waals surface area contributed by atoms with Gasteiger partial charge in [0.15, 0.2) is 20.6 Å². The van der Waals surface area contributed by atoms with Crippen LogP contribution in [0, 0.1) is 41.5 Å². The number of piperidine rings is 2. The van der Waals surface area contributed by atoms with Crippen LogP contribution in [0.3, 0.4) is 0 Å². The quantitative estimate of drug-likeness (QED) is 0.0428. The molecule has 697 valence electrons. The Hall–Kier alpha value is -9.23. The highest BCUT2D eigenvalue weighted by Gasteiger charge is 2.35. The molecular weight excluding hydrogens is 1820 g/mol. The van der Waals surface area contributed by atoms with Gasteiger partial charge in [-0.05, 0) is 205 Å². The SMILES string of the molecule is C.CSc1ncc2c(n1)CCN(C(=O)OC(C)(C)C)C2=O.CSc1ncc2c(n1)CCN(c1cc(-c3ncc(C)cc3C)c(Cl)cn1)[C@@H]2C.CSc1ncc2c(n1)CCN=C2C.CSc1ncc2c(n1)CCN[C@@H]2C.Cc1cnc(-c2cc(Cl)ncc2Cl)c(C)c1.Cc1cnc(-c2cc(N3CCc4nc(N5CCC(O)CC5)ncc4[C@H]3C)ncc2Cl)c(C)c1.OC1CCNCC1.[B]. The molecule has 11 aromatic heterocycles. The van der Waals surface area contributed by atoms with Gasteiger partial charge in [0.05, 0.1) is 90.5 Å². The number of hydrogen-bond acceptors (Lipinski definition) is 31. The molecular formula is C95H117BCl4N23O5S4. The van der Waals surface area contributed by atoms with Gasteiger partial charge in [-0.25, -0.2) is 74.5 Å². The van der Waals surface area contributed by atoms with Crippen LogP contribution in [-0.4, -0.2) is 223 Å². The maximum absolute atomic E-state index is 12.3. The molecule has 0 bridgehead atoms. The van der Waals surface area contributed by atoms with Crippen molar-refractivity contribution in [2.24, 2.45) is 4.99 Å². The second-order valence-corrected chi connectivity index (χ2v) is 38.1. The highest BCUT2D eigenvalue weighted by Crippen LogP contribution is 2.40. The lowest BCUT2D eigenvalue weighted by atomic mass is 9.99. The smallest absolute Gasteiger partial charge is 0.417 e. The van der Waals surface area contributed by atoms with Gasteiger partial charge in [-0.15, -0.1) is 0 Å². The number of fused-ring (bicyclic) bond motifs is 5. The number of aliphatic hydroxyl groups is 2. The van der Waals surface area contributed by atoms with Crippen molar-refractivity contribution in [3.05, 3.63) is 214 Å². The van der Waals surface area contributed by atoms with E-state index in [1.165, 1.54) is 29.2 Å². The molecule has 11 aromatic rings. The lowest BCUT2D eigenvalue weighted by Gasteiger charge is -2.36. The number of imide groups is 1. The van der Waals surface area contributed by atoms with E-state index in [1.54, 1.807) is 80.7 Å². The van der Waals surface area contributed by atoms with Crippen LogP contribution in [0.15, 0.2) is 130 Å². The standard InChI is InChI=1S/C25H29ClN6O.C21H22ClN5S.C13H17N3O3S.C12H10Cl2N2.C9H13N3S.C9H11N3S.C5H11NO.CH4.B/c1-15-10-16(2)24(28-12-15)19-11-23(27-14-21(19)26)32-9-6-22-20(17(32)3)13-29-25(30-22)31-7-4-18(33)5-8-31;1-12-7-13(2)20(24-9-12)15-8-19(23-11-17(15)22)27-6-5-18-16(14(27)3)10-25-21(26-18)28-4;1-13(2,3)19-12(18)16-6-5-9-8(10(16)17)7-14-11(15-9)20-4;1-7-3-8(2)12(16-5-7)9-4-11(14)15-6-10(9)13;2*1-6-7-5-11-9(13-2)12-8(7)3-4-10-6;7-5-1-3-6-4-2-5;;/h10-14,17-18,33H,4-9H2,1-3H3;7-11,14H,5-6H2,1-4H3;7H,5-6H2,1-4H3;3-6H,1-2H3;5-6,10H,3-4H2,1-2H3;5H,3-4H2,1-2H3;5-7H,1-4H2;1H4;/t17-;14-;;;6-;;;;/m11..1..../s1. The number of nitrogens with one attached hydrogen (secondary N) is 2. The first-order valence-corrected chi connectivity index (χ1v) is 49.7. The first-order chi connectivity index (χ1) is 62.3. The van der Waals surface area contributed by atoms with Gasteiger partial charge >= 0.3 is 6.09 Å². The number of aliphatic hydroxyl groups excluding tert-OH is 2. The lowest BCUT2D eigenvalue weighted by Crippen LogP contribution is -2.45. The molecule has 7 aliphatic rings. The van der Waals surface area contributed by atoms with E-state index in [-0.39, 0.29) is 46.7 Å². The van der Waals surface area contributed by atoms with E-state index in [0.717, 1.165) is 248 Å². The molecule has 0 spiro atoms. The van der Waals surface area contributed by atoms with Gasteiger partial charge in [0, 0.05) is 205 Å². The Labute approximate surface area is 814 Å². The van der Waals surface area contributed by atoms with Gasteiger partial charge in [0.25, 0.3) is 5.91 Å². The number of rotatable bonds is 10. The minimum atomic E-state index is -0.628. The summed E-state index contributed by atoms with van der Waals surface area (Å²) >= 11 is 31.1. The molecule has 0 aromatic carbocycles. The van der Waals surface area contributed by atoms with Gasteiger partial charge in [0.2, 0.25) is 5.95 Å². The lowest BCUT2D eigenvalue weighted by molar-refractivity contribution is 0.0231. The zero-order valence-corrected chi connectivity index (χ0v) is 83.5. The minimum absolute atomic E-state index is 0. The molecule has 18 rings (SSSR count). The van der Waals surface area contributed by atoms with E-state index in [1.807, 2.05) is 115 Å². The number of hydrogen-bond donors (Lipinski definition) is 4. The molecule has 0 aliphatic carbocycles. The second-order valence-electron chi connectivity index (χ2n) is 33.4. The average Bonchev–Trinajstić information content (AvgIpc) is 0.779. The molecule has 37 heteroatoms. The summed E-state index contributed by atoms with van der Waals surface area (Å²) in [4.78, 5) is 108. The molecule has 132 heavy (non-hydrogen) atoms. The summed E-state index contributed by atoms with van der Waals surface area (Å²) in [5.41, 5.74) is 22.7. The predicted octanol–water partition coefficient (Wildman–Crippen LogP) is 18.5. The van der Waals surface area contributed by atoms with Crippen LogP contribution in [0.25, 0.3) is 33.8 Å². The summed E-state index contributed by atoms with van der Waals surface area (Å²) in [6, 6.07) is 12.8. The van der Waals surface area contributed by atoms with Gasteiger partial charge in [-0.2, -0.15) is 0 Å². The van der Waals surface area contributed by atoms with Crippen molar-refractivity contribution in [1.29, 1.82) is 0 Å². The van der Waals surface area contributed by atoms with Crippen LogP contribution in [-0.2, 0) is 36.8 Å². The van der Waals surface area contributed by atoms with Crippen molar-refractivity contribution in [3.63, 3.8) is 0 Å². The Kier molecular flexibility index (Phi) is 38.8. The summed E-state index contributed by atoms with van der Waals surface area (Å²) < 4.78 is 5.23. The van der Waals surface area contributed by atoms with E-state index >= 15 is 0 Å². The molecule has 2 fully saturated rings. The van der Waals surface area contributed by atoms with Gasteiger partial charge in [-0.1, -0.05) is 119 Å². The Morgan fingerprint density at radius 3 is 1.34 bits per heavy atom. The third-order valence-electron chi connectivity index (χ3n) is 22.7. The number of carbonyl (C=O) groups excluding carboxylic acids is 2. The number of aryl methyl sites for hydroxylation is 6. The van der Waals surface area contributed by atoms with Crippen LogP contribution < -0.4 is 25.3 Å². The van der Waals surface area contributed by atoms with Crippen molar-refractivity contribution < 1.29 is 24.5 Å². The van der Waals surface area contributed by atoms with Crippen LogP contribution >= 0.6 is 93.5 Å². The molecule has 0 saturated carbocycles. The number of pyridine rings is 6. The Morgan fingerprint density at radius 1 is 0.455 bits per heavy atom. The number of ether oxygens (including phenoxy) is 1. The van der Waals surface area contributed by atoms with Crippen LogP contribution in [0.5, 0.6) is 0 Å². The van der Waals surface area contributed by atoms with E-state index in [0.29, 0.717) is 49.1 Å². The molecule has 2 amide bonds. The second kappa shape index (κ2) is 48.8. The van der Waals surface area contributed by atoms with Crippen LogP contribution in [0.4, 0.5) is 22.4 Å². The normalized spacial score (nSPS) is 16.6. The number of aromatic nitrogens is 16. The molecule has 28 nitrogen and oxygen atoms in total. The Balaban J connectivity index is 0.000000166. The zero-order valence-electron chi connectivity index (χ0n) is 77.2. The number of carbonyl (C=O) groups is 2. The van der Waals surface area contributed by atoms with Crippen molar-refractivity contribution in [3.8, 4) is 33.8 Å². The van der Waals surface area contributed by atoms with E-state index in [2.05, 4.69) is 158 Å². The summed E-state index contributed by atoms with van der Waals surface area (Å²) in [6.45, 7) is 33.4. The molecule has 3 atom stereocenters. The summed E-state index contributed by atoms with van der Waals surface area (Å²) in [5, 5.41) is 30.6. The molecule has 0 unspecified atom stereocenters. The highest BCUT2D eigenvalue weighted by molar-refractivity contribution is 7.99. The van der Waals surface area contributed by atoms with Gasteiger partial charge < -0.3 is 40.3 Å². The summed E-state index contributed by atoms with van der Waals surface area (Å²) in [5.74, 6) is 2.15. The first kappa shape index (κ1) is 105. The third-order valence-corrected chi connectivity index (χ3v) is 26.0. The monoisotopic (exact) mass is 1940 g/mol. The fourth-order valence-corrected chi connectivity index (χ4v) is 18.0. The average molecular weight is 1940 g/mol. The highest BCUT2D eigenvalue weighted by atomic mass is 35.5. The maximum atomic E-state index is 12.3. The molecule has 7 aliphatic heterocycles. The van der Waals surface area contributed by atoms with E-state index in [4.69, 9.17) is 61.2 Å². The fraction of sp³-hybridized carbons (Fsp3) is 0.442. The van der Waals surface area contributed by atoms with Crippen molar-refractivity contribution >= 4 is 137 Å². The molecule has 18 heterocycles.